The Hall–Kier alpha value is -0.990. The predicted octanol–water partition coefficient (Wildman–Crippen LogP) is 3.93. The molecule has 1 fully saturated rings. The maximum Gasteiger partial charge on any atom is 0.155 e. The van der Waals surface area contributed by atoms with Crippen LogP contribution in [-0.4, -0.2) is 10.4 Å². The molecule has 0 spiro atoms. The van der Waals surface area contributed by atoms with Gasteiger partial charge in [0.05, 0.1) is 17.1 Å². The summed E-state index contributed by atoms with van der Waals surface area (Å²) in [7, 11) is 0. The van der Waals surface area contributed by atoms with E-state index in [1.165, 1.54) is 0 Å². The van der Waals surface area contributed by atoms with Crippen LogP contribution in [0.3, 0.4) is 0 Å². The van der Waals surface area contributed by atoms with Crippen molar-refractivity contribution in [3.8, 4) is 0 Å². The van der Waals surface area contributed by atoms with Crippen molar-refractivity contribution in [3.63, 3.8) is 0 Å². The fraction of sp³-hybridized carbons (Fsp3) is 0.308. The number of fused-ring (bicyclic) bond motifs is 1. The quantitative estimate of drug-likeness (QED) is 0.826. The average molecular weight is 268 g/mol. The van der Waals surface area contributed by atoms with Crippen molar-refractivity contribution in [2.24, 2.45) is 5.92 Å². The number of hydrogen-bond donors (Lipinski definition) is 0. The molecule has 1 aliphatic rings. The smallest absolute Gasteiger partial charge is 0.155 e. The second-order valence-corrected chi connectivity index (χ2v) is 5.35. The molecule has 2 aromatic rings. The number of benzene rings is 1. The number of carbonyl (C=O) groups is 1. The molecule has 4 heteroatoms. The molecule has 0 saturated heterocycles. The Morgan fingerprint density at radius 1 is 1.35 bits per heavy atom. The number of halogens is 2. The first-order chi connectivity index (χ1) is 8.15. The van der Waals surface area contributed by atoms with E-state index in [1.807, 2.05) is 22.9 Å². The van der Waals surface area contributed by atoms with Crippen LogP contribution in [0.2, 0.25) is 10.0 Å². The largest absolute Gasteiger partial charge is 0.340 e. The van der Waals surface area contributed by atoms with E-state index in [1.54, 1.807) is 6.07 Å². The molecule has 88 valence electrons. The van der Waals surface area contributed by atoms with Gasteiger partial charge in [0, 0.05) is 22.5 Å². The summed E-state index contributed by atoms with van der Waals surface area (Å²) in [5.41, 5.74) is 0.927. The zero-order chi connectivity index (χ0) is 12.0. The summed E-state index contributed by atoms with van der Waals surface area (Å²) in [4.78, 5) is 11.8. The van der Waals surface area contributed by atoms with Gasteiger partial charge < -0.3 is 4.57 Å². The molecule has 17 heavy (non-hydrogen) atoms. The van der Waals surface area contributed by atoms with Crippen LogP contribution < -0.4 is 0 Å². The molecule has 1 aromatic heterocycles. The fourth-order valence-corrected chi connectivity index (χ4v) is 2.60. The van der Waals surface area contributed by atoms with Gasteiger partial charge in [-0.3, -0.25) is 4.79 Å². The maximum absolute atomic E-state index is 11.8. The topological polar surface area (TPSA) is 22.0 Å². The minimum absolute atomic E-state index is 0.280. The Balaban J connectivity index is 2.01. The monoisotopic (exact) mass is 267 g/mol. The third kappa shape index (κ3) is 2.07. The van der Waals surface area contributed by atoms with Crippen LogP contribution in [0.5, 0.6) is 0 Å². The molecule has 1 saturated carbocycles. The minimum atomic E-state index is 0.280. The third-order valence-corrected chi connectivity index (χ3v) is 3.69. The van der Waals surface area contributed by atoms with Gasteiger partial charge in [0.2, 0.25) is 0 Å². The first-order valence-electron chi connectivity index (χ1n) is 5.62. The molecule has 2 nitrogen and oxygen atoms in total. The Kier molecular flexibility index (Phi) is 2.64. The zero-order valence-electron chi connectivity index (χ0n) is 9.12. The van der Waals surface area contributed by atoms with Gasteiger partial charge in [-0.05, 0) is 31.0 Å². The number of aromatic nitrogens is 1. The van der Waals surface area contributed by atoms with E-state index in [-0.39, 0.29) is 5.92 Å². The van der Waals surface area contributed by atoms with Crippen LogP contribution >= 0.6 is 23.2 Å². The van der Waals surface area contributed by atoms with Crippen LogP contribution in [0, 0.1) is 5.92 Å². The lowest BCUT2D eigenvalue weighted by Crippen LogP contribution is -2.10. The second kappa shape index (κ2) is 4.04. The summed E-state index contributed by atoms with van der Waals surface area (Å²) in [6.45, 7) is 0.421. The van der Waals surface area contributed by atoms with Gasteiger partial charge in [-0.2, -0.15) is 0 Å². The Morgan fingerprint density at radius 3 is 2.82 bits per heavy atom. The lowest BCUT2D eigenvalue weighted by Gasteiger charge is -2.05. The van der Waals surface area contributed by atoms with Gasteiger partial charge in [0.1, 0.15) is 0 Å². The third-order valence-electron chi connectivity index (χ3n) is 3.16. The number of hydrogen-bond acceptors (Lipinski definition) is 1. The first kappa shape index (κ1) is 11.1. The highest BCUT2D eigenvalue weighted by molar-refractivity contribution is 6.38. The van der Waals surface area contributed by atoms with E-state index in [4.69, 9.17) is 23.2 Å². The van der Waals surface area contributed by atoms with Gasteiger partial charge in [-0.15, -0.1) is 0 Å². The number of Topliss-reactive ketones (excluding diaryl/α,β-unsaturated/α-hetero) is 1. The van der Waals surface area contributed by atoms with E-state index in [0.29, 0.717) is 22.4 Å². The summed E-state index contributed by atoms with van der Waals surface area (Å²) < 4.78 is 1.92. The molecule has 0 unspecified atom stereocenters. The van der Waals surface area contributed by atoms with Crippen molar-refractivity contribution < 1.29 is 4.79 Å². The van der Waals surface area contributed by atoms with Crippen molar-refractivity contribution in [2.75, 3.05) is 0 Å². The highest BCUT2D eigenvalue weighted by Gasteiger charge is 2.29. The van der Waals surface area contributed by atoms with Crippen LogP contribution in [-0.2, 0) is 11.3 Å². The molecular weight excluding hydrogens is 257 g/mol. The highest BCUT2D eigenvalue weighted by Crippen LogP contribution is 2.32. The molecule has 0 N–H and O–H groups in total. The number of ketones is 1. The number of rotatable bonds is 3. The summed E-state index contributed by atoms with van der Waals surface area (Å²) in [5.74, 6) is 0.584. The number of carbonyl (C=O) groups excluding carboxylic acids is 1. The molecule has 0 amide bonds. The Morgan fingerprint density at radius 2 is 2.12 bits per heavy atom. The van der Waals surface area contributed by atoms with Gasteiger partial charge in [-0.1, -0.05) is 23.2 Å². The van der Waals surface area contributed by atoms with Gasteiger partial charge in [0.25, 0.3) is 0 Å². The summed E-state index contributed by atoms with van der Waals surface area (Å²) in [5, 5.41) is 2.17. The van der Waals surface area contributed by atoms with Crippen LogP contribution in [0.1, 0.15) is 12.8 Å². The molecular formula is C13H11Cl2NO. The Bertz CT molecular complexity index is 599. The number of nitrogens with zero attached hydrogens (tertiary/aromatic N) is 1. The van der Waals surface area contributed by atoms with Crippen LogP contribution in [0.4, 0.5) is 0 Å². The van der Waals surface area contributed by atoms with E-state index in [0.717, 1.165) is 23.7 Å². The summed E-state index contributed by atoms with van der Waals surface area (Å²) >= 11 is 12.1. The molecule has 0 atom stereocenters. The van der Waals surface area contributed by atoms with Crippen molar-refractivity contribution in [2.45, 2.75) is 19.4 Å². The first-order valence-corrected chi connectivity index (χ1v) is 6.37. The lowest BCUT2D eigenvalue weighted by atomic mass is 10.2. The van der Waals surface area contributed by atoms with Gasteiger partial charge >= 0.3 is 0 Å². The van der Waals surface area contributed by atoms with Crippen LogP contribution in [0.25, 0.3) is 10.9 Å². The van der Waals surface area contributed by atoms with E-state index < -0.39 is 0 Å². The van der Waals surface area contributed by atoms with Crippen molar-refractivity contribution in [1.82, 2.24) is 4.57 Å². The Labute approximate surface area is 109 Å². The standard InChI is InChI=1S/C13H11Cl2NO/c14-9-5-11(15)10-3-4-16(12(10)6-9)7-13(17)8-1-2-8/h3-6,8H,1-2,7H2. The predicted molar refractivity (Wildman–Crippen MR) is 69.7 cm³/mol. The van der Waals surface area contributed by atoms with Gasteiger partial charge in [0.15, 0.2) is 5.78 Å². The van der Waals surface area contributed by atoms with Crippen LogP contribution in [0.15, 0.2) is 24.4 Å². The SMILES string of the molecule is O=C(Cn1ccc2c(Cl)cc(Cl)cc21)C1CC1. The van der Waals surface area contributed by atoms with Crippen molar-refractivity contribution >= 4 is 39.9 Å². The zero-order valence-corrected chi connectivity index (χ0v) is 10.6. The maximum atomic E-state index is 11.8. The molecule has 0 aliphatic heterocycles. The molecule has 1 aromatic carbocycles. The minimum Gasteiger partial charge on any atom is -0.340 e. The van der Waals surface area contributed by atoms with Gasteiger partial charge in [-0.25, -0.2) is 0 Å². The molecule has 1 aliphatic carbocycles. The summed E-state index contributed by atoms with van der Waals surface area (Å²) in [6, 6.07) is 5.50. The second-order valence-electron chi connectivity index (χ2n) is 4.50. The average Bonchev–Trinajstić information content (AvgIpc) is 3.04. The van der Waals surface area contributed by atoms with E-state index in [9.17, 15) is 4.79 Å². The van der Waals surface area contributed by atoms with E-state index in [2.05, 4.69) is 0 Å². The molecule has 3 rings (SSSR count). The summed E-state index contributed by atoms with van der Waals surface area (Å²) in [6.07, 6.45) is 3.98. The van der Waals surface area contributed by atoms with Crippen molar-refractivity contribution in [1.29, 1.82) is 0 Å². The molecule has 0 bridgehead atoms. The fourth-order valence-electron chi connectivity index (χ4n) is 2.06. The highest BCUT2D eigenvalue weighted by atomic mass is 35.5. The normalized spacial score (nSPS) is 15.4. The van der Waals surface area contributed by atoms with Crippen molar-refractivity contribution in [3.05, 3.63) is 34.4 Å². The molecule has 1 heterocycles. The molecule has 0 radical (unpaired) electrons. The lowest BCUT2D eigenvalue weighted by molar-refractivity contribution is -0.120. The van der Waals surface area contributed by atoms with E-state index >= 15 is 0 Å².